The summed E-state index contributed by atoms with van der Waals surface area (Å²) in [7, 11) is 0. The molecule has 3 heteroatoms. The lowest BCUT2D eigenvalue weighted by Crippen LogP contribution is -3.15. The summed E-state index contributed by atoms with van der Waals surface area (Å²) in [5, 5.41) is 3.54. The maximum atomic E-state index is 3.54. The number of hydrogen-bond donors (Lipinski definition) is 2. The molecule has 1 saturated heterocycles. The number of benzene rings is 3. The van der Waals surface area contributed by atoms with Crippen molar-refractivity contribution in [1.82, 2.24) is 5.32 Å². The smallest absolute Gasteiger partial charge is 0.217 e. The van der Waals surface area contributed by atoms with E-state index in [1.165, 1.54) is 64.4 Å². The number of aryl methyl sites for hydroxylation is 2. The molecule has 0 bridgehead atoms. The minimum Gasteiger partial charge on any atom is -0.328 e. The van der Waals surface area contributed by atoms with Crippen LogP contribution < -0.4 is 14.8 Å². The maximum Gasteiger partial charge on any atom is 0.217 e. The van der Waals surface area contributed by atoms with E-state index in [4.69, 9.17) is 0 Å². The molecule has 0 atom stereocenters. The molecule has 180 valence electrons. The first-order valence-corrected chi connectivity index (χ1v) is 13.8. The third kappa shape index (κ3) is 3.70. The zero-order chi connectivity index (χ0) is 23.9. The summed E-state index contributed by atoms with van der Waals surface area (Å²) in [6, 6.07) is 29.5. The van der Waals surface area contributed by atoms with Gasteiger partial charge in [-0.2, -0.15) is 4.57 Å². The van der Waals surface area contributed by atoms with Crippen LogP contribution in [0.2, 0.25) is 0 Å². The van der Waals surface area contributed by atoms with Crippen molar-refractivity contribution in [2.75, 3.05) is 32.7 Å². The quantitative estimate of drug-likeness (QED) is 0.434. The van der Waals surface area contributed by atoms with Crippen LogP contribution in [-0.2, 0) is 32.2 Å². The van der Waals surface area contributed by atoms with Gasteiger partial charge >= 0.3 is 0 Å². The summed E-state index contributed by atoms with van der Waals surface area (Å²) in [5.41, 5.74) is 14.8. The minimum atomic E-state index is 1.07. The molecular formula is C33H35N3+2. The highest BCUT2D eigenvalue weighted by atomic mass is 15.2. The highest BCUT2D eigenvalue weighted by molar-refractivity contribution is 5.85. The Morgan fingerprint density at radius 2 is 1.19 bits per heavy atom. The van der Waals surface area contributed by atoms with Gasteiger partial charge in [-0.3, -0.25) is 0 Å². The molecule has 0 radical (unpaired) electrons. The van der Waals surface area contributed by atoms with E-state index in [2.05, 4.69) is 88.7 Å². The highest BCUT2D eigenvalue weighted by Crippen LogP contribution is 2.44. The predicted octanol–water partition coefficient (Wildman–Crippen LogP) is 3.66. The normalized spacial score (nSPS) is 16.6. The van der Waals surface area contributed by atoms with Crippen LogP contribution in [0.5, 0.6) is 0 Å². The summed E-state index contributed by atoms with van der Waals surface area (Å²) < 4.78 is 2.75. The van der Waals surface area contributed by atoms with Gasteiger partial charge in [-0.1, -0.05) is 66.7 Å². The molecule has 3 aliphatic rings. The van der Waals surface area contributed by atoms with Gasteiger partial charge in [0.25, 0.3) is 0 Å². The number of aromatic nitrogens is 1. The third-order valence-corrected chi connectivity index (χ3v) is 8.61. The Labute approximate surface area is 214 Å². The van der Waals surface area contributed by atoms with Crippen LogP contribution in [0.4, 0.5) is 0 Å². The van der Waals surface area contributed by atoms with Gasteiger partial charge in [0, 0.05) is 40.9 Å². The number of fused-ring (bicyclic) bond motifs is 6. The Kier molecular flexibility index (Phi) is 5.68. The molecule has 3 aromatic carbocycles. The second-order valence-corrected chi connectivity index (χ2v) is 10.6. The van der Waals surface area contributed by atoms with Gasteiger partial charge in [0.2, 0.25) is 11.4 Å². The summed E-state index contributed by atoms with van der Waals surface area (Å²) in [6.45, 7) is 6.96. The summed E-state index contributed by atoms with van der Waals surface area (Å²) >= 11 is 0. The monoisotopic (exact) mass is 473 g/mol. The molecule has 1 fully saturated rings. The van der Waals surface area contributed by atoms with Gasteiger partial charge in [-0.15, -0.1) is 0 Å². The van der Waals surface area contributed by atoms with E-state index in [1.807, 2.05) is 0 Å². The van der Waals surface area contributed by atoms with E-state index in [0.29, 0.717) is 0 Å². The molecule has 1 aliphatic heterocycles. The van der Waals surface area contributed by atoms with Crippen molar-refractivity contribution in [2.45, 2.75) is 32.2 Å². The molecule has 0 spiro atoms. The number of nitrogens with zero attached hydrogens (tertiary/aromatic N) is 1. The molecule has 0 amide bonds. The van der Waals surface area contributed by atoms with Crippen molar-refractivity contribution in [3.63, 3.8) is 0 Å². The number of pyridine rings is 1. The lowest BCUT2D eigenvalue weighted by Gasteiger charge is -2.29. The Hall–Kier alpha value is -3.27. The van der Waals surface area contributed by atoms with E-state index >= 15 is 0 Å². The van der Waals surface area contributed by atoms with Crippen molar-refractivity contribution >= 4 is 0 Å². The Morgan fingerprint density at radius 3 is 1.81 bits per heavy atom. The molecule has 2 aliphatic carbocycles. The topological polar surface area (TPSA) is 20.4 Å². The fourth-order valence-corrected chi connectivity index (χ4v) is 6.89. The summed E-state index contributed by atoms with van der Waals surface area (Å²) in [4.78, 5) is 1.73. The van der Waals surface area contributed by atoms with Gasteiger partial charge in [0.15, 0.2) is 6.54 Å². The molecule has 2 N–H and O–H groups in total. The molecular weight excluding hydrogens is 438 g/mol. The Bertz CT molecular complexity index is 1340. The van der Waals surface area contributed by atoms with Gasteiger partial charge < -0.3 is 10.2 Å². The van der Waals surface area contributed by atoms with Crippen molar-refractivity contribution in [3.8, 4) is 33.6 Å². The SMILES string of the molecule is c1ccc(-c2c3c([n+](CC[NH+]4CCNCC4)c4c2CCc2ccccc2-4)-c2ccccc2CC3)cc1. The molecule has 7 rings (SSSR count). The number of piperazine rings is 1. The predicted molar refractivity (Wildman–Crippen MR) is 146 cm³/mol. The first-order valence-electron chi connectivity index (χ1n) is 13.8. The van der Waals surface area contributed by atoms with Crippen molar-refractivity contribution in [1.29, 1.82) is 0 Å². The van der Waals surface area contributed by atoms with Crippen molar-refractivity contribution in [3.05, 3.63) is 101 Å². The van der Waals surface area contributed by atoms with E-state index in [1.54, 1.807) is 16.0 Å². The zero-order valence-electron chi connectivity index (χ0n) is 21.0. The Morgan fingerprint density at radius 1 is 0.639 bits per heavy atom. The summed E-state index contributed by atoms with van der Waals surface area (Å²) in [6.07, 6.45) is 4.49. The average Bonchev–Trinajstić information content (AvgIpc) is 2.96. The highest BCUT2D eigenvalue weighted by Gasteiger charge is 2.38. The number of nitrogens with one attached hydrogen (secondary N) is 2. The summed E-state index contributed by atoms with van der Waals surface area (Å²) in [5.74, 6) is 0. The first-order chi connectivity index (χ1) is 17.9. The van der Waals surface area contributed by atoms with Gasteiger partial charge in [-0.25, -0.2) is 0 Å². The van der Waals surface area contributed by atoms with E-state index in [9.17, 15) is 0 Å². The molecule has 36 heavy (non-hydrogen) atoms. The van der Waals surface area contributed by atoms with Crippen LogP contribution in [0, 0.1) is 0 Å². The first kappa shape index (κ1) is 22.0. The van der Waals surface area contributed by atoms with Crippen molar-refractivity contribution < 1.29 is 9.47 Å². The van der Waals surface area contributed by atoms with Crippen LogP contribution in [0.15, 0.2) is 78.9 Å². The Balaban J connectivity index is 1.52. The van der Waals surface area contributed by atoms with Gasteiger partial charge in [-0.05, 0) is 54.5 Å². The van der Waals surface area contributed by atoms with Gasteiger partial charge in [0.05, 0.1) is 13.1 Å². The van der Waals surface area contributed by atoms with E-state index < -0.39 is 0 Å². The van der Waals surface area contributed by atoms with Crippen LogP contribution in [0.1, 0.15) is 22.3 Å². The molecule has 1 aromatic heterocycles. The lowest BCUT2D eigenvalue weighted by molar-refractivity contribution is -0.919. The van der Waals surface area contributed by atoms with Crippen LogP contribution in [-0.4, -0.2) is 32.7 Å². The van der Waals surface area contributed by atoms with Gasteiger partial charge in [0.1, 0.15) is 6.54 Å². The van der Waals surface area contributed by atoms with Crippen LogP contribution in [0.3, 0.4) is 0 Å². The number of rotatable bonds is 4. The molecule has 0 saturated carbocycles. The van der Waals surface area contributed by atoms with Crippen molar-refractivity contribution in [2.24, 2.45) is 0 Å². The van der Waals surface area contributed by atoms with Crippen LogP contribution in [0.25, 0.3) is 33.6 Å². The zero-order valence-corrected chi connectivity index (χ0v) is 21.0. The minimum absolute atomic E-state index is 1.07. The fraction of sp³-hybridized carbons (Fsp3) is 0.303. The van der Waals surface area contributed by atoms with E-state index in [0.717, 1.165) is 45.3 Å². The third-order valence-electron chi connectivity index (χ3n) is 8.61. The number of hydrogen-bond acceptors (Lipinski definition) is 1. The molecule has 2 heterocycles. The van der Waals surface area contributed by atoms with Crippen LogP contribution >= 0.6 is 0 Å². The molecule has 0 unspecified atom stereocenters. The molecule has 3 nitrogen and oxygen atoms in total. The lowest BCUT2D eigenvalue weighted by atomic mass is 9.77. The number of quaternary nitrogens is 1. The maximum absolute atomic E-state index is 3.54. The standard InChI is InChI=1S/C33H34N3/c1-2-10-26(11-3-1)31-29-16-14-24-8-4-6-12-27(24)32(29)36(23-22-35-20-18-34-19-21-35)33-28-13-7-5-9-25(28)15-17-30(31)33/h1-13,34H,14-23H2/q+1/p+1. The second kappa shape index (κ2) is 9.31. The largest absolute Gasteiger partial charge is 0.328 e. The fourth-order valence-electron chi connectivity index (χ4n) is 6.89. The average molecular weight is 474 g/mol. The second-order valence-electron chi connectivity index (χ2n) is 10.6. The molecule has 4 aromatic rings. The van der Waals surface area contributed by atoms with E-state index in [-0.39, 0.29) is 0 Å².